The van der Waals surface area contributed by atoms with Crippen molar-refractivity contribution < 1.29 is 4.79 Å². The largest absolute Gasteiger partial charge is 0.358 e. The van der Waals surface area contributed by atoms with Gasteiger partial charge in [-0.2, -0.15) is 0 Å². The molecule has 1 amide bonds. The van der Waals surface area contributed by atoms with Gasteiger partial charge >= 0.3 is 0 Å². The third-order valence-electron chi connectivity index (χ3n) is 6.32. The Balaban J connectivity index is 1.30. The third kappa shape index (κ3) is 4.06. The van der Waals surface area contributed by atoms with Crippen LogP contribution in [0.25, 0.3) is 10.9 Å². The van der Waals surface area contributed by atoms with Gasteiger partial charge in [0.25, 0.3) is 5.91 Å². The van der Waals surface area contributed by atoms with E-state index in [0.717, 1.165) is 38.9 Å². The van der Waals surface area contributed by atoms with Crippen LogP contribution in [0.2, 0.25) is 0 Å². The van der Waals surface area contributed by atoms with Crippen LogP contribution in [0.3, 0.4) is 0 Å². The van der Waals surface area contributed by atoms with Crippen molar-refractivity contribution in [2.45, 2.75) is 46.1 Å². The summed E-state index contributed by atoms with van der Waals surface area (Å²) < 4.78 is 0. The van der Waals surface area contributed by atoms with Crippen molar-refractivity contribution in [3.63, 3.8) is 0 Å². The number of fused-ring (bicyclic) bond motifs is 1. The number of aromatic amines is 1. The second kappa shape index (κ2) is 8.37. The molecule has 0 spiro atoms. The predicted molar refractivity (Wildman–Crippen MR) is 117 cm³/mol. The van der Waals surface area contributed by atoms with Crippen LogP contribution in [-0.4, -0.2) is 46.5 Å². The molecule has 1 saturated heterocycles. The quantitative estimate of drug-likeness (QED) is 0.694. The Morgan fingerprint density at radius 1 is 1.21 bits per heavy atom. The number of likely N-dealkylation sites (tertiary alicyclic amines) is 1. The summed E-state index contributed by atoms with van der Waals surface area (Å²) in [4.78, 5) is 22.1. The number of carbonyl (C=O) groups is 1. The molecular formula is C24H30N4O. The number of nitrogens with one attached hydrogen (secondary N) is 2. The monoisotopic (exact) mass is 390 g/mol. The van der Waals surface area contributed by atoms with Crippen molar-refractivity contribution in [2.75, 3.05) is 19.6 Å². The Morgan fingerprint density at radius 2 is 2.00 bits per heavy atom. The predicted octanol–water partition coefficient (Wildman–Crippen LogP) is 3.93. The molecule has 0 saturated carbocycles. The van der Waals surface area contributed by atoms with Crippen molar-refractivity contribution in [1.29, 1.82) is 0 Å². The molecule has 1 aromatic carbocycles. The molecule has 1 fully saturated rings. The van der Waals surface area contributed by atoms with E-state index < -0.39 is 0 Å². The highest BCUT2D eigenvalue weighted by Crippen LogP contribution is 2.27. The fourth-order valence-corrected chi connectivity index (χ4v) is 4.38. The zero-order valence-corrected chi connectivity index (χ0v) is 17.6. The molecule has 0 unspecified atom stereocenters. The molecule has 0 bridgehead atoms. The van der Waals surface area contributed by atoms with Crippen LogP contribution in [0.5, 0.6) is 0 Å². The minimum absolute atomic E-state index is 0.0941. The van der Waals surface area contributed by atoms with Gasteiger partial charge in [0.2, 0.25) is 0 Å². The van der Waals surface area contributed by atoms with E-state index in [-0.39, 0.29) is 5.91 Å². The van der Waals surface area contributed by atoms with Crippen LogP contribution >= 0.6 is 0 Å². The van der Waals surface area contributed by atoms with Crippen LogP contribution in [0, 0.1) is 20.8 Å². The van der Waals surface area contributed by atoms with E-state index in [1.165, 1.54) is 33.3 Å². The number of H-pyrrole nitrogens is 1. The molecule has 0 aliphatic carbocycles. The number of benzene rings is 1. The summed E-state index contributed by atoms with van der Waals surface area (Å²) in [6.07, 6.45) is 6.36. The first-order valence-electron chi connectivity index (χ1n) is 10.5. The zero-order chi connectivity index (χ0) is 20.4. The molecule has 0 radical (unpaired) electrons. The second-order valence-electron chi connectivity index (χ2n) is 8.17. The fraction of sp³-hybridized carbons (Fsp3) is 0.417. The Kier molecular flexibility index (Phi) is 5.67. The average Bonchev–Trinajstić information content (AvgIpc) is 3.07. The maximum Gasteiger partial charge on any atom is 0.255 e. The average molecular weight is 391 g/mol. The SMILES string of the molecule is Cc1ccc2c(CCNC3CCN(C(=O)c4cccnc4)CC3)c(C)[nH]c2c1C. The molecule has 2 aromatic heterocycles. The summed E-state index contributed by atoms with van der Waals surface area (Å²) in [7, 11) is 0. The lowest BCUT2D eigenvalue weighted by molar-refractivity contribution is 0.0705. The van der Waals surface area contributed by atoms with Crippen molar-refractivity contribution in [2.24, 2.45) is 0 Å². The Bertz CT molecular complexity index is 1000. The van der Waals surface area contributed by atoms with Gasteiger partial charge in [0.1, 0.15) is 0 Å². The standard InChI is InChI=1S/C24H30N4O/c1-16-6-7-22-21(18(3)27-23(22)17(16)2)8-12-26-20-9-13-28(14-10-20)24(29)19-5-4-11-25-15-19/h4-7,11,15,20,26-27H,8-10,12-14H2,1-3H3. The second-order valence-corrected chi connectivity index (χ2v) is 8.17. The molecule has 5 nitrogen and oxygen atoms in total. The number of aromatic nitrogens is 2. The molecule has 29 heavy (non-hydrogen) atoms. The van der Waals surface area contributed by atoms with Crippen LogP contribution < -0.4 is 5.32 Å². The highest BCUT2D eigenvalue weighted by atomic mass is 16.2. The first kappa shape index (κ1) is 19.6. The molecule has 4 rings (SSSR count). The van der Waals surface area contributed by atoms with Crippen LogP contribution in [0.15, 0.2) is 36.7 Å². The van der Waals surface area contributed by atoms with Crippen molar-refractivity contribution in [1.82, 2.24) is 20.2 Å². The fourth-order valence-electron chi connectivity index (χ4n) is 4.38. The molecule has 0 atom stereocenters. The maximum atomic E-state index is 12.6. The Labute approximate surface area is 172 Å². The number of carbonyl (C=O) groups excluding carboxylic acids is 1. The van der Waals surface area contributed by atoms with E-state index in [9.17, 15) is 4.79 Å². The van der Waals surface area contributed by atoms with Crippen LogP contribution in [0.4, 0.5) is 0 Å². The lowest BCUT2D eigenvalue weighted by Crippen LogP contribution is -2.45. The lowest BCUT2D eigenvalue weighted by atomic mass is 10.0. The first-order valence-corrected chi connectivity index (χ1v) is 10.5. The van der Waals surface area contributed by atoms with Gasteiger partial charge in [-0.1, -0.05) is 12.1 Å². The van der Waals surface area contributed by atoms with Gasteiger partial charge in [-0.15, -0.1) is 0 Å². The lowest BCUT2D eigenvalue weighted by Gasteiger charge is -2.32. The van der Waals surface area contributed by atoms with Crippen molar-refractivity contribution in [3.8, 4) is 0 Å². The summed E-state index contributed by atoms with van der Waals surface area (Å²) >= 11 is 0. The van der Waals surface area contributed by atoms with E-state index in [1.807, 2.05) is 17.0 Å². The zero-order valence-electron chi connectivity index (χ0n) is 17.6. The normalized spacial score (nSPS) is 15.2. The molecule has 3 aromatic rings. The first-order chi connectivity index (χ1) is 14.0. The maximum absolute atomic E-state index is 12.6. The van der Waals surface area contributed by atoms with Gasteiger partial charge < -0.3 is 15.2 Å². The number of piperidine rings is 1. The van der Waals surface area contributed by atoms with Gasteiger partial charge in [-0.3, -0.25) is 9.78 Å². The summed E-state index contributed by atoms with van der Waals surface area (Å²) in [5.41, 5.74) is 7.32. The molecule has 5 heteroatoms. The van der Waals surface area contributed by atoms with Crippen LogP contribution in [-0.2, 0) is 6.42 Å². The molecule has 2 N–H and O–H groups in total. The summed E-state index contributed by atoms with van der Waals surface area (Å²) in [6.45, 7) is 9.09. The Morgan fingerprint density at radius 3 is 2.72 bits per heavy atom. The summed E-state index contributed by atoms with van der Waals surface area (Å²) in [5, 5.41) is 5.06. The van der Waals surface area contributed by atoms with Gasteiger partial charge in [-0.05, 0) is 75.4 Å². The smallest absolute Gasteiger partial charge is 0.255 e. The van der Waals surface area contributed by atoms with E-state index in [0.29, 0.717) is 11.6 Å². The highest BCUT2D eigenvalue weighted by Gasteiger charge is 2.23. The third-order valence-corrected chi connectivity index (χ3v) is 6.32. The summed E-state index contributed by atoms with van der Waals surface area (Å²) in [5.74, 6) is 0.0941. The van der Waals surface area contributed by atoms with E-state index in [4.69, 9.17) is 0 Å². The topological polar surface area (TPSA) is 61.0 Å². The van der Waals surface area contributed by atoms with Crippen molar-refractivity contribution >= 4 is 16.8 Å². The minimum atomic E-state index is 0.0941. The minimum Gasteiger partial charge on any atom is -0.358 e. The molecular weight excluding hydrogens is 360 g/mol. The molecule has 1 aliphatic heterocycles. The van der Waals surface area contributed by atoms with E-state index >= 15 is 0 Å². The molecule has 3 heterocycles. The number of rotatable bonds is 5. The Hall–Kier alpha value is -2.66. The highest BCUT2D eigenvalue weighted by molar-refractivity contribution is 5.94. The summed E-state index contributed by atoms with van der Waals surface area (Å²) in [6, 6.07) is 8.60. The number of pyridine rings is 1. The molecule has 152 valence electrons. The van der Waals surface area contributed by atoms with Gasteiger partial charge in [-0.25, -0.2) is 0 Å². The van der Waals surface area contributed by atoms with Gasteiger partial charge in [0.05, 0.1) is 5.56 Å². The van der Waals surface area contributed by atoms with Gasteiger partial charge in [0.15, 0.2) is 0 Å². The number of hydrogen-bond donors (Lipinski definition) is 2. The number of nitrogens with zero attached hydrogens (tertiary/aromatic N) is 2. The van der Waals surface area contributed by atoms with Crippen molar-refractivity contribution in [3.05, 3.63) is 64.6 Å². The number of aryl methyl sites for hydroxylation is 3. The van der Waals surface area contributed by atoms with E-state index in [1.54, 1.807) is 12.4 Å². The number of amides is 1. The number of hydrogen-bond acceptors (Lipinski definition) is 3. The molecule has 1 aliphatic rings. The van der Waals surface area contributed by atoms with Crippen LogP contribution in [0.1, 0.15) is 45.6 Å². The van der Waals surface area contributed by atoms with E-state index in [2.05, 4.69) is 48.2 Å². The van der Waals surface area contributed by atoms with Gasteiger partial charge in [0, 0.05) is 48.1 Å².